The van der Waals surface area contributed by atoms with E-state index in [1.54, 1.807) is 30.3 Å². The monoisotopic (exact) mass is 401 g/mol. The molecule has 1 amide bonds. The van der Waals surface area contributed by atoms with Crippen LogP contribution < -0.4 is 15.2 Å². The summed E-state index contributed by atoms with van der Waals surface area (Å²) in [5, 5.41) is 0. The maximum atomic E-state index is 13.2. The average molecular weight is 401 g/mol. The van der Waals surface area contributed by atoms with Gasteiger partial charge in [0.25, 0.3) is 5.91 Å². The van der Waals surface area contributed by atoms with Crippen molar-refractivity contribution in [1.82, 2.24) is 4.90 Å². The molecule has 3 rings (SSSR count). The highest BCUT2D eigenvalue weighted by Crippen LogP contribution is 2.40. The van der Waals surface area contributed by atoms with Gasteiger partial charge in [-0.25, -0.2) is 4.99 Å². The van der Waals surface area contributed by atoms with Crippen LogP contribution in [-0.4, -0.2) is 37.0 Å². The van der Waals surface area contributed by atoms with E-state index in [9.17, 15) is 13.6 Å². The normalized spacial score (nSPS) is 18.7. The number of nitrogens with zero attached hydrogens (tertiary/aromatic N) is 2. The number of ether oxygens (including phenoxy) is 2. The van der Waals surface area contributed by atoms with Crippen molar-refractivity contribution in [2.45, 2.75) is 18.6 Å². The standard InChI is InChI=1S/C21H21F2N3O3/c1-3-4-12-28-17-7-5-6-15(13-17)21(18(27)26(2)20(24)25-21)14-8-10-16(11-9-14)29-19(22)23/h3,5-11,13,19H,1,4,12H2,2H3,(H2,24,25)/t21-/m0/s1. The van der Waals surface area contributed by atoms with Gasteiger partial charge >= 0.3 is 6.61 Å². The van der Waals surface area contributed by atoms with Gasteiger partial charge in [0.15, 0.2) is 11.5 Å². The number of carbonyl (C=O) groups excluding carboxylic acids is 1. The molecule has 1 atom stereocenters. The number of hydrogen-bond donors (Lipinski definition) is 1. The summed E-state index contributed by atoms with van der Waals surface area (Å²) in [4.78, 5) is 18.9. The van der Waals surface area contributed by atoms with Crippen LogP contribution in [0.5, 0.6) is 11.5 Å². The molecule has 0 unspecified atom stereocenters. The summed E-state index contributed by atoms with van der Waals surface area (Å²) in [6.07, 6.45) is 2.42. The molecule has 2 aromatic carbocycles. The van der Waals surface area contributed by atoms with Gasteiger partial charge in [-0.15, -0.1) is 6.58 Å². The van der Waals surface area contributed by atoms with E-state index in [0.29, 0.717) is 29.9 Å². The van der Waals surface area contributed by atoms with E-state index in [2.05, 4.69) is 16.3 Å². The molecular weight excluding hydrogens is 380 g/mol. The van der Waals surface area contributed by atoms with E-state index in [4.69, 9.17) is 10.5 Å². The number of rotatable bonds is 8. The van der Waals surface area contributed by atoms with E-state index in [0.717, 1.165) is 0 Å². The molecule has 0 bridgehead atoms. The van der Waals surface area contributed by atoms with Crippen molar-refractivity contribution >= 4 is 11.9 Å². The third kappa shape index (κ3) is 3.91. The number of halogens is 2. The summed E-state index contributed by atoms with van der Waals surface area (Å²) in [5.74, 6) is 0.246. The molecule has 0 fully saturated rings. The number of benzene rings is 2. The highest BCUT2D eigenvalue weighted by molar-refractivity contribution is 6.08. The zero-order valence-electron chi connectivity index (χ0n) is 15.8. The van der Waals surface area contributed by atoms with Crippen LogP contribution in [0.1, 0.15) is 17.5 Å². The van der Waals surface area contributed by atoms with E-state index < -0.39 is 12.2 Å². The molecule has 0 saturated carbocycles. The number of aliphatic imine (C=N–C) groups is 1. The number of hydrogen-bond acceptors (Lipinski definition) is 5. The van der Waals surface area contributed by atoms with Crippen molar-refractivity contribution in [1.29, 1.82) is 0 Å². The molecule has 1 aliphatic rings. The smallest absolute Gasteiger partial charge is 0.387 e. The lowest BCUT2D eigenvalue weighted by molar-refractivity contribution is -0.129. The largest absolute Gasteiger partial charge is 0.493 e. The zero-order valence-corrected chi connectivity index (χ0v) is 15.8. The van der Waals surface area contributed by atoms with Gasteiger partial charge in [0, 0.05) is 7.05 Å². The van der Waals surface area contributed by atoms with Gasteiger partial charge in [-0.05, 0) is 41.8 Å². The third-order valence-electron chi connectivity index (χ3n) is 4.58. The van der Waals surface area contributed by atoms with Crippen LogP contribution >= 0.6 is 0 Å². The molecule has 0 saturated heterocycles. The Kier molecular flexibility index (Phi) is 5.81. The Bertz CT molecular complexity index is 931. The second kappa shape index (κ2) is 8.30. The van der Waals surface area contributed by atoms with Gasteiger partial charge in [-0.2, -0.15) is 8.78 Å². The van der Waals surface area contributed by atoms with Gasteiger partial charge in [-0.3, -0.25) is 9.69 Å². The van der Waals surface area contributed by atoms with Crippen molar-refractivity contribution in [3.05, 3.63) is 72.3 Å². The van der Waals surface area contributed by atoms with Crippen molar-refractivity contribution in [3.8, 4) is 11.5 Å². The van der Waals surface area contributed by atoms with Crippen LogP contribution in [0.4, 0.5) is 8.78 Å². The molecule has 0 aromatic heterocycles. The predicted molar refractivity (Wildman–Crippen MR) is 105 cm³/mol. The van der Waals surface area contributed by atoms with E-state index in [1.165, 1.54) is 36.2 Å². The quantitative estimate of drug-likeness (QED) is 0.544. The van der Waals surface area contributed by atoms with Crippen LogP contribution in [0.2, 0.25) is 0 Å². The second-order valence-corrected chi connectivity index (χ2v) is 6.40. The highest BCUT2D eigenvalue weighted by atomic mass is 19.3. The first-order valence-electron chi connectivity index (χ1n) is 8.91. The van der Waals surface area contributed by atoms with E-state index in [-0.39, 0.29) is 17.6 Å². The minimum Gasteiger partial charge on any atom is -0.493 e. The lowest BCUT2D eigenvalue weighted by Gasteiger charge is -2.26. The molecule has 0 spiro atoms. The van der Waals surface area contributed by atoms with Gasteiger partial charge in [0.05, 0.1) is 6.61 Å². The maximum Gasteiger partial charge on any atom is 0.387 e. The summed E-state index contributed by atoms with van der Waals surface area (Å²) in [6.45, 7) is 1.16. The minimum absolute atomic E-state index is 0.0174. The van der Waals surface area contributed by atoms with Gasteiger partial charge in [0.2, 0.25) is 0 Å². The van der Waals surface area contributed by atoms with Gasteiger partial charge in [0.1, 0.15) is 11.5 Å². The fraction of sp³-hybridized carbons (Fsp3) is 0.238. The first kappa shape index (κ1) is 20.3. The molecule has 0 aliphatic carbocycles. The van der Waals surface area contributed by atoms with Crippen molar-refractivity contribution in [2.24, 2.45) is 10.7 Å². The van der Waals surface area contributed by atoms with Crippen molar-refractivity contribution < 1.29 is 23.0 Å². The summed E-state index contributed by atoms with van der Waals surface area (Å²) in [6, 6.07) is 12.8. The molecular formula is C21H21F2N3O3. The molecule has 0 radical (unpaired) electrons. The van der Waals surface area contributed by atoms with Gasteiger partial charge < -0.3 is 15.2 Å². The third-order valence-corrected chi connectivity index (χ3v) is 4.58. The summed E-state index contributed by atoms with van der Waals surface area (Å²) in [5.41, 5.74) is 5.52. The zero-order chi connectivity index (χ0) is 21.0. The second-order valence-electron chi connectivity index (χ2n) is 6.40. The molecule has 29 heavy (non-hydrogen) atoms. The fourth-order valence-corrected chi connectivity index (χ4v) is 3.13. The number of carbonyl (C=O) groups is 1. The Hall–Kier alpha value is -3.42. The highest BCUT2D eigenvalue weighted by Gasteiger charge is 2.49. The number of likely N-dealkylation sites (N-methyl/N-ethyl adjacent to an activating group) is 1. The lowest BCUT2D eigenvalue weighted by Crippen LogP contribution is -2.41. The Morgan fingerprint density at radius 1 is 1.21 bits per heavy atom. The van der Waals surface area contributed by atoms with Crippen LogP contribution in [0.25, 0.3) is 0 Å². The molecule has 1 heterocycles. The number of amides is 1. The molecule has 8 heteroatoms. The van der Waals surface area contributed by atoms with Crippen molar-refractivity contribution in [3.63, 3.8) is 0 Å². The minimum atomic E-state index is -2.94. The lowest BCUT2D eigenvalue weighted by atomic mass is 9.82. The Balaban J connectivity index is 2.06. The average Bonchev–Trinajstić information content (AvgIpc) is 2.93. The van der Waals surface area contributed by atoms with Crippen LogP contribution in [-0.2, 0) is 10.3 Å². The van der Waals surface area contributed by atoms with Crippen LogP contribution in [0, 0.1) is 0 Å². The molecule has 152 valence electrons. The van der Waals surface area contributed by atoms with Crippen molar-refractivity contribution in [2.75, 3.05) is 13.7 Å². The summed E-state index contributed by atoms with van der Waals surface area (Å²) < 4.78 is 35.0. The topological polar surface area (TPSA) is 77.2 Å². The predicted octanol–water partition coefficient (Wildman–Crippen LogP) is 3.27. The maximum absolute atomic E-state index is 13.2. The number of alkyl halides is 2. The van der Waals surface area contributed by atoms with E-state index in [1.807, 2.05) is 0 Å². The number of guanidine groups is 1. The molecule has 2 aromatic rings. The molecule has 1 aliphatic heterocycles. The Labute approximate surface area is 167 Å². The summed E-state index contributed by atoms with van der Waals surface area (Å²) >= 11 is 0. The fourth-order valence-electron chi connectivity index (χ4n) is 3.13. The molecule has 2 N–H and O–H groups in total. The number of nitrogens with two attached hydrogens (primary N) is 1. The Morgan fingerprint density at radius 2 is 1.93 bits per heavy atom. The van der Waals surface area contributed by atoms with E-state index >= 15 is 0 Å². The van der Waals surface area contributed by atoms with Gasteiger partial charge in [-0.1, -0.05) is 30.3 Å². The SMILES string of the molecule is C=CCCOc1cccc([C@]2(c3ccc(OC(F)F)cc3)N=C(N)N(C)C2=O)c1. The van der Waals surface area contributed by atoms with Crippen LogP contribution in [0.15, 0.2) is 66.2 Å². The van der Waals surface area contributed by atoms with Crippen LogP contribution in [0.3, 0.4) is 0 Å². The molecule has 6 nitrogen and oxygen atoms in total. The summed E-state index contributed by atoms with van der Waals surface area (Å²) in [7, 11) is 1.53. The first-order valence-corrected chi connectivity index (χ1v) is 8.91. The Morgan fingerprint density at radius 3 is 2.52 bits per heavy atom. The first-order chi connectivity index (χ1) is 13.9.